The number of furan rings is 2. The van der Waals surface area contributed by atoms with Gasteiger partial charge >= 0.3 is 0 Å². The lowest BCUT2D eigenvalue weighted by molar-refractivity contribution is 0.653. The molecule has 136 heavy (non-hydrogen) atoms. The van der Waals surface area contributed by atoms with E-state index in [9.17, 15) is 0 Å². The molecule has 0 aliphatic carbocycles. The lowest BCUT2D eigenvalue weighted by Gasteiger charge is -2.12. The molecule has 0 bridgehead atoms. The molecular formula is C128H76N4O2S2. The zero-order valence-electron chi connectivity index (χ0n) is 73.3. The average Bonchev–Trinajstić information content (AvgIpc) is 1.12. The summed E-state index contributed by atoms with van der Waals surface area (Å²) in [6, 6.07) is 157. The van der Waals surface area contributed by atoms with Crippen LogP contribution in [0.25, 0.3) is 281 Å². The van der Waals surface area contributed by atoms with Crippen LogP contribution in [0.15, 0.2) is 470 Å². The van der Waals surface area contributed by atoms with Gasteiger partial charge in [0.25, 0.3) is 0 Å². The van der Waals surface area contributed by atoms with Crippen LogP contribution < -0.4 is 0 Å². The summed E-state index contributed by atoms with van der Waals surface area (Å²) >= 11 is 3.57. The molecule has 0 saturated carbocycles. The van der Waals surface area contributed by atoms with Gasteiger partial charge in [-0.15, -0.1) is 22.7 Å². The fraction of sp³-hybridized carbons (Fsp3) is 0. The van der Waals surface area contributed by atoms with Gasteiger partial charge in [-0.1, -0.05) is 328 Å². The van der Waals surface area contributed by atoms with Crippen LogP contribution >= 0.6 is 22.7 Å². The third-order valence-electron chi connectivity index (χ3n) is 27.7. The Balaban J connectivity index is 0.0000000922. The fourth-order valence-electron chi connectivity index (χ4n) is 21.2. The molecule has 22 aromatic carbocycles. The van der Waals surface area contributed by atoms with E-state index in [1.54, 1.807) is 35.1 Å². The number of fused-ring (bicyclic) bond motifs is 36. The molecule has 0 atom stereocenters. The van der Waals surface area contributed by atoms with Crippen molar-refractivity contribution in [2.24, 2.45) is 0 Å². The summed E-state index contributed by atoms with van der Waals surface area (Å²) in [6.07, 6.45) is 7.58. The monoisotopic (exact) mass is 1760 g/mol. The summed E-state index contributed by atoms with van der Waals surface area (Å²) < 4.78 is 15.7. The van der Waals surface area contributed by atoms with Crippen LogP contribution in [0.5, 0.6) is 0 Å². The van der Waals surface area contributed by atoms with E-state index >= 15 is 0 Å². The molecular weight excluding hydrogens is 1690 g/mol. The van der Waals surface area contributed by atoms with Crippen molar-refractivity contribution in [2.45, 2.75) is 0 Å². The number of rotatable bonds is 6. The fourth-order valence-corrected chi connectivity index (χ4v) is 23.3. The van der Waals surface area contributed by atoms with Gasteiger partial charge in [0.15, 0.2) is 0 Å². The predicted octanol–water partition coefficient (Wildman–Crippen LogP) is 36.7. The van der Waals surface area contributed by atoms with Crippen LogP contribution in [0.1, 0.15) is 0 Å². The third-order valence-corrected chi connectivity index (χ3v) is 29.9. The van der Waals surface area contributed by atoms with Crippen LogP contribution in [-0.4, -0.2) is 19.9 Å². The molecule has 8 aromatic heterocycles. The van der Waals surface area contributed by atoms with Gasteiger partial charge in [-0.2, -0.15) is 0 Å². The maximum Gasteiger partial charge on any atom is 0.227 e. The van der Waals surface area contributed by atoms with Crippen molar-refractivity contribution in [3.8, 4) is 66.9 Å². The molecule has 0 aliphatic heterocycles. The Bertz CT molecular complexity index is 9490. The van der Waals surface area contributed by atoms with Gasteiger partial charge in [-0.05, 0) is 289 Å². The third kappa shape index (κ3) is 13.3. The van der Waals surface area contributed by atoms with Gasteiger partial charge in [0, 0.05) is 88.4 Å². The van der Waals surface area contributed by atoms with Crippen LogP contribution in [0.3, 0.4) is 0 Å². The average molecular weight is 1770 g/mol. The summed E-state index contributed by atoms with van der Waals surface area (Å²) in [5.74, 6) is 0. The number of benzene rings is 22. The summed E-state index contributed by atoms with van der Waals surface area (Å²) in [4.78, 5) is 19.5. The van der Waals surface area contributed by atoms with Crippen molar-refractivity contribution in [2.75, 3.05) is 0 Å². The zero-order chi connectivity index (χ0) is 89.4. The van der Waals surface area contributed by atoms with E-state index in [1.807, 2.05) is 30.6 Å². The van der Waals surface area contributed by atoms with Crippen LogP contribution in [0.2, 0.25) is 0 Å². The highest BCUT2D eigenvalue weighted by atomic mass is 32.1. The minimum Gasteiger partial charge on any atom is -0.438 e. The number of nitrogens with zero attached hydrogens (tertiary/aromatic N) is 4. The van der Waals surface area contributed by atoms with E-state index in [0.717, 1.165) is 59.9 Å². The van der Waals surface area contributed by atoms with Crippen molar-refractivity contribution in [1.82, 2.24) is 19.9 Å². The van der Waals surface area contributed by atoms with E-state index in [1.165, 1.54) is 209 Å². The molecule has 0 radical (unpaired) electrons. The summed E-state index contributed by atoms with van der Waals surface area (Å²) in [7, 11) is 0. The molecule has 632 valence electrons. The molecule has 0 amide bonds. The maximum absolute atomic E-state index is 5.93. The van der Waals surface area contributed by atoms with Gasteiger partial charge in [-0.25, -0.2) is 15.0 Å². The normalized spacial score (nSPS) is 11.8. The molecule has 30 rings (SSSR count). The molecule has 0 aliphatic rings. The zero-order valence-corrected chi connectivity index (χ0v) is 74.9. The number of thiophene rings is 2. The Morgan fingerprint density at radius 2 is 0.419 bits per heavy atom. The van der Waals surface area contributed by atoms with Crippen molar-refractivity contribution in [3.05, 3.63) is 462 Å². The van der Waals surface area contributed by atoms with Crippen LogP contribution in [0, 0.1) is 0 Å². The van der Waals surface area contributed by atoms with Gasteiger partial charge < -0.3 is 8.83 Å². The summed E-state index contributed by atoms with van der Waals surface area (Å²) in [5, 5.41) is 40.5. The van der Waals surface area contributed by atoms with E-state index in [4.69, 9.17) is 18.8 Å². The Labute approximate surface area is 787 Å². The highest BCUT2D eigenvalue weighted by Crippen LogP contribution is 2.47. The number of pyridine rings is 4. The minimum absolute atomic E-state index is 0.680. The van der Waals surface area contributed by atoms with E-state index < -0.39 is 0 Å². The standard InChI is InChI=1S/C35H21NO.C35H21NS.C29H17NO.C29H17NS/c1-2-11-28-26(9-1)27-10-3-4-12-29(27)32-20-24(14-16-30(28)32)22-7-5-8-23(19-22)25-15-17-34-33(21-25)31-13-6-18-36-35(31)37-34;1-2-12-27-25(10-1)26-11-3-4-13-28(26)31-19-23(16-17-29(27)31)22-8-7-9-24(18-22)33-20-32-30-14-5-6-15-34(30)37-35(32)21-36-33;1-2-8-22-20(6-1)21-7-3-4-9-23(21)26-16-18(11-13-24(22)26)19-12-14-28-27(17-19)25-10-5-15-30-29(25)31-28;1-2-9-22-20(7-1)21-8-3-4-10-23(21)26-15-18(13-14-24(22)26)19-16-27-25-11-5-6-12-28(25)31-29(27)30-17-19/h2*1-21H;2*1-17H. The maximum atomic E-state index is 5.93. The smallest absolute Gasteiger partial charge is 0.227 e. The molecule has 0 saturated heterocycles. The second kappa shape index (κ2) is 32.3. The van der Waals surface area contributed by atoms with Gasteiger partial charge in [-0.3, -0.25) is 4.98 Å². The SMILES string of the molecule is c1cc(-c2ccc3c4ccccc4c4ccccc4c3c2)cc(-c2cc3c(cn2)sc2ccccc23)c1.c1cc(-c2ccc3oc4ncccc4c3c2)cc(-c2ccc3c4ccccc4c4ccccc4c3c2)c1.c1ccc2c(c1)sc1ncc(-c3ccc4c5ccccc5c5ccccc5c4c3)cc12.c1cnc2oc3ccc(-c4ccc5c6ccccc6c6ccccc6c5c4)cc3c2c1. The molecule has 30 aromatic rings. The van der Waals surface area contributed by atoms with Crippen molar-refractivity contribution in [3.63, 3.8) is 0 Å². The molecule has 0 N–H and O–H groups in total. The molecule has 8 heteroatoms. The molecule has 0 fully saturated rings. The first-order valence-corrected chi connectivity index (χ1v) is 47.7. The first-order valence-electron chi connectivity index (χ1n) is 46.0. The van der Waals surface area contributed by atoms with Gasteiger partial charge in [0.2, 0.25) is 11.4 Å². The Morgan fingerprint density at radius 1 is 0.147 bits per heavy atom. The van der Waals surface area contributed by atoms with Gasteiger partial charge in [0.05, 0.1) is 10.4 Å². The summed E-state index contributed by atoms with van der Waals surface area (Å²) in [5.41, 5.74) is 17.2. The molecule has 0 spiro atoms. The Hall–Kier alpha value is -17.4. The van der Waals surface area contributed by atoms with Crippen molar-refractivity contribution >= 4 is 237 Å². The highest BCUT2D eigenvalue weighted by Gasteiger charge is 2.20. The van der Waals surface area contributed by atoms with Crippen molar-refractivity contribution in [1.29, 1.82) is 0 Å². The number of hydrogen-bond donors (Lipinski definition) is 0. The number of hydrogen-bond acceptors (Lipinski definition) is 8. The molecule has 6 nitrogen and oxygen atoms in total. The first kappa shape index (κ1) is 78.4. The van der Waals surface area contributed by atoms with E-state index in [2.05, 4.69) is 429 Å². The second-order valence-corrected chi connectivity index (χ2v) is 37.4. The largest absolute Gasteiger partial charge is 0.438 e. The summed E-state index contributed by atoms with van der Waals surface area (Å²) in [6.45, 7) is 0. The lowest BCUT2D eigenvalue weighted by atomic mass is 9.91. The van der Waals surface area contributed by atoms with Gasteiger partial charge in [0.1, 0.15) is 16.0 Å². The lowest BCUT2D eigenvalue weighted by Crippen LogP contribution is -1.86. The second-order valence-electron chi connectivity index (χ2n) is 35.2. The minimum atomic E-state index is 0.680. The van der Waals surface area contributed by atoms with E-state index in [0.29, 0.717) is 11.4 Å². The predicted molar refractivity (Wildman–Crippen MR) is 580 cm³/mol. The van der Waals surface area contributed by atoms with Crippen LogP contribution in [0.4, 0.5) is 0 Å². The first-order chi connectivity index (χ1) is 67.4. The Kier molecular flexibility index (Phi) is 18.6. The highest BCUT2D eigenvalue weighted by molar-refractivity contribution is 7.26. The quantitative estimate of drug-likeness (QED) is 0.154. The van der Waals surface area contributed by atoms with E-state index in [-0.39, 0.29) is 0 Å². The Morgan fingerprint density at radius 3 is 0.794 bits per heavy atom. The number of aromatic nitrogens is 4. The van der Waals surface area contributed by atoms with Crippen molar-refractivity contribution < 1.29 is 8.83 Å². The van der Waals surface area contributed by atoms with Crippen LogP contribution in [-0.2, 0) is 0 Å². The molecule has 0 unspecified atom stereocenters. The topological polar surface area (TPSA) is 77.8 Å². The molecule has 8 heterocycles.